The number of aryl methyl sites for hydroxylation is 1. The average molecular weight is 537 g/mol. The highest BCUT2D eigenvalue weighted by atomic mass is 16.5. The molecule has 0 radical (unpaired) electrons. The van der Waals surface area contributed by atoms with Crippen molar-refractivity contribution in [3.63, 3.8) is 0 Å². The quantitative estimate of drug-likeness (QED) is 0.182. The van der Waals surface area contributed by atoms with E-state index >= 15 is 0 Å². The number of Topliss-reactive ketones (excluding diaryl/α,β-unsaturated/α-hetero) is 1. The molecule has 1 atom stereocenters. The molecule has 0 saturated carbocycles. The Kier molecular flexibility index (Phi) is 10.0. The summed E-state index contributed by atoms with van der Waals surface area (Å²) in [7, 11) is 0. The minimum Gasteiger partial charge on any atom is -0.507 e. The smallest absolute Gasteiger partial charge is 0.295 e. The van der Waals surface area contributed by atoms with E-state index in [1.807, 2.05) is 44.2 Å². The first-order valence-corrected chi connectivity index (χ1v) is 14.0. The number of amides is 1. The number of ketones is 1. The van der Waals surface area contributed by atoms with Crippen LogP contribution in [0.25, 0.3) is 5.76 Å². The fourth-order valence-electron chi connectivity index (χ4n) is 5.01. The van der Waals surface area contributed by atoms with Gasteiger partial charge in [-0.05, 0) is 38.0 Å². The molecule has 2 saturated heterocycles. The molecular formula is C31H40N2O6. The Hall–Kier alpha value is -3.36. The van der Waals surface area contributed by atoms with Crippen molar-refractivity contribution in [3.05, 3.63) is 64.7 Å². The molecule has 0 aliphatic carbocycles. The Morgan fingerprint density at radius 1 is 0.974 bits per heavy atom. The monoisotopic (exact) mass is 536 g/mol. The number of aliphatic hydroxyl groups excluding tert-OH is 1. The lowest BCUT2D eigenvalue weighted by molar-refractivity contribution is -0.140. The normalized spacial score (nSPS) is 19.5. The third kappa shape index (κ3) is 6.81. The van der Waals surface area contributed by atoms with Crippen molar-refractivity contribution >= 4 is 17.4 Å². The fourth-order valence-corrected chi connectivity index (χ4v) is 5.01. The van der Waals surface area contributed by atoms with Crippen LogP contribution in [0.4, 0.5) is 0 Å². The largest absolute Gasteiger partial charge is 0.507 e. The molecule has 2 fully saturated rings. The molecule has 2 heterocycles. The Labute approximate surface area is 231 Å². The Bertz CT molecular complexity index is 1170. The maximum Gasteiger partial charge on any atom is 0.295 e. The zero-order chi connectivity index (χ0) is 27.8. The molecule has 0 aromatic heterocycles. The molecular weight excluding hydrogens is 496 g/mol. The van der Waals surface area contributed by atoms with Gasteiger partial charge in [-0.3, -0.25) is 14.5 Å². The summed E-state index contributed by atoms with van der Waals surface area (Å²) in [5.41, 5.74) is 2.31. The fraction of sp³-hybridized carbons (Fsp3) is 0.484. The molecule has 1 unspecified atom stereocenters. The van der Waals surface area contributed by atoms with Gasteiger partial charge in [0, 0.05) is 31.7 Å². The third-order valence-corrected chi connectivity index (χ3v) is 7.21. The SMILES string of the molecule is CCCCCOc1ccc(C2/C(=C(\O)c3ccc(C)cc3)C(=O)C(=O)N2CCN2CCOCC2)cc1OCC. The van der Waals surface area contributed by atoms with Gasteiger partial charge in [-0.2, -0.15) is 0 Å². The van der Waals surface area contributed by atoms with Crippen LogP contribution in [0.1, 0.15) is 55.8 Å². The first-order valence-electron chi connectivity index (χ1n) is 14.0. The second kappa shape index (κ2) is 13.6. The number of likely N-dealkylation sites (tertiary alicyclic amines) is 1. The van der Waals surface area contributed by atoms with Gasteiger partial charge in [-0.25, -0.2) is 0 Å². The first-order chi connectivity index (χ1) is 18.9. The standard InChI is InChI=1S/C31H40N2O6/c1-4-6-7-18-39-25-13-12-24(21-26(25)38-5-2)28-27(29(34)23-10-8-22(3)9-11-23)30(35)31(36)33(28)15-14-32-16-19-37-20-17-32/h8-13,21,28,34H,4-7,14-20H2,1-3H3/b29-27+. The number of carbonyl (C=O) groups excluding carboxylic acids is 2. The topological polar surface area (TPSA) is 88.5 Å². The lowest BCUT2D eigenvalue weighted by Gasteiger charge is -2.31. The van der Waals surface area contributed by atoms with E-state index in [9.17, 15) is 14.7 Å². The maximum atomic E-state index is 13.4. The molecule has 8 nitrogen and oxygen atoms in total. The Balaban J connectivity index is 1.72. The van der Waals surface area contributed by atoms with E-state index in [2.05, 4.69) is 11.8 Å². The van der Waals surface area contributed by atoms with Crippen LogP contribution in [0.3, 0.4) is 0 Å². The number of unbranched alkanes of at least 4 members (excludes halogenated alkanes) is 2. The third-order valence-electron chi connectivity index (χ3n) is 7.21. The number of benzene rings is 2. The Morgan fingerprint density at radius 3 is 2.41 bits per heavy atom. The molecule has 39 heavy (non-hydrogen) atoms. The van der Waals surface area contributed by atoms with Gasteiger partial charge in [0.1, 0.15) is 5.76 Å². The van der Waals surface area contributed by atoms with E-state index < -0.39 is 17.7 Å². The first kappa shape index (κ1) is 28.6. The number of nitrogens with zero attached hydrogens (tertiary/aromatic N) is 2. The van der Waals surface area contributed by atoms with E-state index in [0.29, 0.717) is 62.1 Å². The van der Waals surface area contributed by atoms with E-state index in [4.69, 9.17) is 14.2 Å². The number of rotatable bonds is 12. The second-order valence-electron chi connectivity index (χ2n) is 10.0. The molecule has 2 aromatic rings. The number of aliphatic hydroxyl groups is 1. The molecule has 2 aromatic carbocycles. The highest BCUT2D eigenvalue weighted by Crippen LogP contribution is 2.42. The minimum atomic E-state index is -0.749. The zero-order valence-corrected chi connectivity index (χ0v) is 23.3. The summed E-state index contributed by atoms with van der Waals surface area (Å²) in [6.45, 7) is 10.8. The van der Waals surface area contributed by atoms with Gasteiger partial charge in [0.15, 0.2) is 11.5 Å². The van der Waals surface area contributed by atoms with Crippen LogP contribution in [0.5, 0.6) is 11.5 Å². The van der Waals surface area contributed by atoms with E-state index in [1.54, 1.807) is 17.0 Å². The van der Waals surface area contributed by atoms with E-state index in [0.717, 1.165) is 37.9 Å². The van der Waals surface area contributed by atoms with Gasteiger partial charge in [-0.15, -0.1) is 0 Å². The molecule has 2 aliphatic heterocycles. The summed E-state index contributed by atoms with van der Waals surface area (Å²) in [6.07, 6.45) is 3.13. The van der Waals surface area contributed by atoms with Crippen molar-refractivity contribution in [2.24, 2.45) is 0 Å². The molecule has 2 aliphatic rings. The summed E-state index contributed by atoms with van der Waals surface area (Å²) in [5, 5.41) is 11.4. The molecule has 8 heteroatoms. The minimum absolute atomic E-state index is 0.0879. The van der Waals surface area contributed by atoms with Crippen LogP contribution < -0.4 is 9.47 Å². The second-order valence-corrected chi connectivity index (χ2v) is 10.0. The van der Waals surface area contributed by atoms with Gasteiger partial charge in [0.2, 0.25) is 0 Å². The summed E-state index contributed by atoms with van der Waals surface area (Å²) in [6, 6.07) is 12.1. The maximum absolute atomic E-state index is 13.4. The molecule has 210 valence electrons. The highest BCUT2D eigenvalue weighted by molar-refractivity contribution is 6.46. The van der Waals surface area contributed by atoms with Crippen LogP contribution in [0.15, 0.2) is 48.0 Å². The molecule has 4 rings (SSSR count). The predicted octanol–water partition coefficient (Wildman–Crippen LogP) is 4.72. The highest BCUT2D eigenvalue weighted by Gasteiger charge is 2.46. The summed E-state index contributed by atoms with van der Waals surface area (Å²) in [4.78, 5) is 30.6. The van der Waals surface area contributed by atoms with Gasteiger partial charge in [0.05, 0.1) is 38.0 Å². The molecule has 0 spiro atoms. The van der Waals surface area contributed by atoms with Crippen molar-refractivity contribution in [2.75, 3.05) is 52.6 Å². The lowest BCUT2D eigenvalue weighted by atomic mass is 9.94. The van der Waals surface area contributed by atoms with Gasteiger partial charge < -0.3 is 24.2 Å². The summed E-state index contributed by atoms with van der Waals surface area (Å²) >= 11 is 0. The van der Waals surface area contributed by atoms with Crippen LogP contribution in [0.2, 0.25) is 0 Å². The summed E-state index contributed by atoms with van der Waals surface area (Å²) in [5.74, 6) is -0.288. The van der Waals surface area contributed by atoms with Gasteiger partial charge >= 0.3 is 0 Å². The zero-order valence-electron chi connectivity index (χ0n) is 23.3. The van der Waals surface area contributed by atoms with E-state index in [1.165, 1.54) is 0 Å². The van der Waals surface area contributed by atoms with Crippen LogP contribution in [0, 0.1) is 6.92 Å². The number of hydrogen-bond acceptors (Lipinski definition) is 7. The lowest BCUT2D eigenvalue weighted by Crippen LogP contribution is -2.42. The number of ether oxygens (including phenoxy) is 3. The number of carbonyl (C=O) groups is 2. The van der Waals surface area contributed by atoms with E-state index in [-0.39, 0.29) is 11.3 Å². The van der Waals surface area contributed by atoms with Crippen molar-refractivity contribution in [3.8, 4) is 11.5 Å². The van der Waals surface area contributed by atoms with Crippen LogP contribution in [-0.2, 0) is 14.3 Å². The molecule has 1 N–H and O–H groups in total. The Morgan fingerprint density at radius 2 is 1.72 bits per heavy atom. The van der Waals surface area contributed by atoms with Gasteiger partial charge in [0.25, 0.3) is 11.7 Å². The average Bonchev–Trinajstić information content (AvgIpc) is 3.20. The van der Waals surface area contributed by atoms with Crippen LogP contribution in [-0.4, -0.2) is 79.2 Å². The van der Waals surface area contributed by atoms with Crippen molar-refractivity contribution < 1.29 is 28.9 Å². The number of morpholine rings is 1. The van der Waals surface area contributed by atoms with Crippen molar-refractivity contribution in [2.45, 2.75) is 46.1 Å². The summed E-state index contributed by atoms with van der Waals surface area (Å²) < 4.78 is 17.4. The molecule has 0 bridgehead atoms. The van der Waals surface area contributed by atoms with Crippen LogP contribution >= 0.6 is 0 Å². The van der Waals surface area contributed by atoms with Gasteiger partial charge in [-0.1, -0.05) is 55.7 Å². The molecule has 1 amide bonds. The number of hydrogen-bond donors (Lipinski definition) is 1. The van der Waals surface area contributed by atoms with Crippen molar-refractivity contribution in [1.29, 1.82) is 0 Å². The van der Waals surface area contributed by atoms with Crippen molar-refractivity contribution in [1.82, 2.24) is 9.80 Å². The predicted molar refractivity (Wildman–Crippen MR) is 150 cm³/mol.